The lowest BCUT2D eigenvalue weighted by Crippen LogP contribution is -2.43. The molecule has 2 aromatic heterocycles. The van der Waals surface area contributed by atoms with Gasteiger partial charge in [0.15, 0.2) is 5.69 Å². The Labute approximate surface area is 115 Å². The molecule has 0 bridgehead atoms. The number of anilines is 1. The maximum Gasteiger partial charge on any atom is 0.280 e. The summed E-state index contributed by atoms with van der Waals surface area (Å²) in [6.07, 6.45) is 1.64. The van der Waals surface area contributed by atoms with Crippen LogP contribution in [0, 0.1) is 13.8 Å². The normalized spacial score (nSPS) is 14.9. The zero-order valence-corrected chi connectivity index (χ0v) is 11.3. The van der Waals surface area contributed by atoms with Gasteiger partial charge in [-0.1, -0.05) is 5.21 Å². The lowest BCUT2D eigenvalue weighted by molar-refractivity contribution is 0.102. The smallest absolute Gasteiger partial charge is 0.280 e. The molecule has 3 rings (SSSR count). The van der Waals surface area contributed by atoms with Gasteiger partial charge in [-0.2, -0.15) is 0 Å². The highest BCUT2D eigenvalue weighted by molar-refractivity contribution is 6.01. The molecule has 1 amide bonds. The molecule has 104 valence electrons. The van der Waals surface area contributed by atoms with Crippen molar-refractivity contribution in [2.45, 2.75) is 19.9 Å². The molecular formula is C12H15N7O. The average Bonchev–Trinajstić information content (AvgIpc) is 2.74. The van der Waals surface area contributed by atoms with Crippen LogP contribution in [0.1, 0.15) is 27.9 Å². The van der Waals surface area contributed by atoms with Gasteiger partial charge in [0, 0.05) is 24.5 Å². The Morgan fingerprint density at radius 1 is 1.35 bits per heavy atom. The summed E-state index contributed by atoms with van der Waals surface area (Å²) in [7, 11) is 0. The van der Waals surface area contributed by atoms with Crippen LogP contribution in [0.4, 0.5) is 5.95 Å². The van der Waals surface area contributed by atoms with Gasteiger partial charge in [-0.15, -0.1) is 5.10 Å². The van der Waals surface area contributed by atoms with Gasteiger partial charge in [-0.3, -0.25) is 10.1 Å². The van der Waals surface area contributed by atoms with Crippen LogP contribution < -0.4 is 10.6 Å². The summed E-state index contributed by atoms with van der Waals surface area (Å²) in [6.45, 7) is 5.41. The number of aryl methyl sites for hydroxylation is 2. The maximum absolute atomic E-state index is 12.1. The standard InChI is InChI=1S/C12H15N7O/c1-7-3-8(2)15-12(14-7)16-11(20)10-6-19(18-17-10)9-4-13-5-9/h3,6,9,13H,4-5H2,1-2H3,(H,14,15,16,20). The van der Waals surface area contributed by atoms with E-state index in [9.17, 15) is 4.79 Å². The molecule has 8 nitrogen and oxygen atoms in total. The minimum atomic E-state index is -0.353. The first-order chi connectivity index (χ1) is 9.61. The van der Waals surface area contributed by atoms with Crippen molar-refractivity contribution < 1.29 is 4.79 Å². The quantitative estimate of drug-likeness (QED) is 0.822. The average molecular weight is 273 g/mol. The van der Waals surface area contributed by atoms with E-state index in [-0.39, 0.29) is 23.6 Å². The Bertz CT molecular complexity index is 627. The lowest BCUT2D eigenvalue weighted by Gasteiger charge is -2.26. The number of carbonyl (C=O) groups excluding carboxylic acids is 1. The second-order valence-corrected chi connectivity index (χ2v) is 4.82. The summed E-state index contributed by atoms with van der Waals surface area (Å²) in [5.41, 5.74) is 1.87. The predicted octanol–water partition coefficient (Wildman–Crippen LogP) is 0.0815. The summed E-state index contributed by atoms with van der Waals surface area (Å²) >= 11 is 0. The molecule has 1 aliphatic heterocycles. The molecule has 0 radical (unpaired) electrons. The van der Waals surface area contributed by atoms with E-state index in [4.69, 9.17) is 0 Å². The fourth-order valence-electron chi connectivity index (χ4n) is 1.97. The Hall–Kier alpha value is -2.35. The molecule has 3 heterocycles. The van der Waals surface area contributed by atoms with Gasteiger partial charge in [-0.25, -0.2) is 14.6 Å². The van der Waals surface area contributed by atoms with E-state index in [0.717, 1.165) is 24.5 Å². The van der Waals surface area contributed by atoms with E-state index in [1.54, 1.807) is 10.9 Å². The minimum absolute atomic E-state index is 0.264. The molecule has 0 unspecified atom stereocenters. The second-order valence-electron chi connectivity index (χ2n) is 4.82. The Balaban J connectivity index is 1.73. The first-order valence-corrected chi connectivity index (χ1v) is 6.38. The van der Waals surface area contributed by atoms with Crippen LogP contribution in [0.25, 0.3) is 0 Å². The fraction of sp³-hybridized carbons (Fsp3) is 0.417. The van der Waals surface area contributed by atoms with Gasteiger partial charge in [0.1, 0.15) is 0 Å². The minimum Gasteiger partial charge on any atom is -0.312 e. The van der Waals surface area contributed by atoms with Crippen LogP contribution in [-0.2, 0) is 0 Å². The van der Waals surface area contributed by atoms with E-state index in [1.807, 2.05) is 19.9 Å². The third-order valence-electron chi connectivity index (χ3n) is 3.08. The van der Waals surface area contributed by atoms with E-state index in [0.29, 0.717) is 0 Å². The third-order valence-corrected chi connectivity index (χ3v) is 3.08. The van der Waals surface area contributed by atoms with Crippen molar-refractivity contribution in [2.24, 2.45) is 0 Å². The Morgan fingerprint density at radius 2 is 2.05 bits per heavy atom. The predicted molar refractivity (Wildman–Crippen MR) is 71.4 cm³/mol. The highest BCUT2D eigenvalue weighted by Gasteiger charge is 2.21. The van der Waals surface area contributed by atoms with Crippen molar-refractivity contribution in [1.29, 1.82) is 0 Å². The monoisotopic (exact) mass is 273 g/mol. The molecule has 8 heteroatoms. The van der Waals surface area contributed by atoms with Crippen LogP contribution in [0.5, 0.6) is 0 Å². The first kappa shape index (κ1) is 12.7. The number of carbonyl (C=O) groups is 1. The number of aromatic nitrogens is 5. The lowest BCUT2D eigenvalue weighted by atomic mass is 10.2. The van der Waals surface area contributed by atoms with Crippen molar-refractivity contribution in [3.63, 3.8) is 0 Å². The Kier molecular flexibility index (Phi) is 3.15. The van der Waals surface area contributed by atoms with Crippen molar-refractivity contribution in [3.05, 3.63) is 29.3 Å². The first-order valence-electron chi connectivity index (χ1n) is 6.38. The molecule has 2 aromatic rings. The third kappa shape index (κ3) is 2.50. The van der Waals surface area contributed by atoms with Gasteiger partial charge in [0.05, 0.1) is 12.2 Å². The summed E-state index contributed by atoms with van der Waals surface area (Å²) in [4.78, 5) is 20.4. The maximum atomic E-state index is 12.1. The van der Waals surface area contributed by atoms with Crippen molar-refractivity contribution in [3.8, 4) is 0 Å². The van der Waals surface area contributed by atoms with Crippen LogP contribution in [0.3, 0.4) is 0 Å². The highest BCUT2D eigenvalue weighted by atomic mass is 16.2. The molecule has 0 saturated carbocycles. The SMILES string of the molecule is Cc1cc(C)nc(NC(=O)c2cn(C3CNC3)nn2)n1. The zero-order valence-electron chi connectivity index (χ0n) is 11.3. The molecule has 0 aromatic carbocycles. The molecule has 1 aliphatic rings. The van der Waals surface area contributed by atoms with Crippen LogP contribution in [0.15, 0.2) is 12.3 Å². The Morgan fingerprint density at radius 3 is 2.65 bits per heavy atom. The van der Waals surface area contributed by atoms with E-state index in [2.05, 4.69) is 30.9 Å². The highest BCUT2D eigenvalue weighted by Crippen LogP contribution is 2.11. The summed E-state index contributed by atoms with van der Waals surface area (Å²) < 4.78 is 1.70. The van der Waals surface area contributed by atoms with E-state index >= 15 is 0 Å². The molecule has 1 fully saturated rings. The van der Waals surface area contributed by atoms with Gasteiger partial charge < -0.3 is 5.32 Å². The van der Waals surface area contributed by atoms with E-state index in [1.165, 1.54) is 0 Å². The van der Waals surface area contributed by atoms with Gasteiger partial charge >= 0.3 is 0 Å². The molecule has 0 aliphatic carbocycles. The van der Waals surface area contributed by atoms with Crippen LogP contribution in [-0.4, -0.2) is 44.0 Å². The number of nitrogens with zero attached hydrogens (tertiary/aromatic N) is 5. The van der Waals surface area contributed by atoms with Crippen molar-refractivity contribution in [2.75, 3.05) is 18.4 Å². The van der Waals surface area contributed by atoms with Crippen molar-refractivity contribution >= 4 is 11.9 Å². The summed E-state index contributed by atoms with van der Waals surface area (Å²) in [5, 5.41) is 13.6. The largest absolute Gasteiger partial charge is 0.312 e. The number of nitrogens with one attached hydrogen (secondary N) is 2. The molecule has 1 saturated heterocycles. The number of rotatable bonds is 3. The van der Waals surface area contributed by atoms with Gasteiger partial charge in [0.25, 0.3) is 5.91 Å². The zero-order chi connectivity index (χ0) is 14.1. The van der Waals surface area contributed by atoms with Gasteiger partial charge in [0.2, 0.25) is 5.95 Å². The van der Waals surface area contributed by atoms with Crippen molar-refractivity contribution in [1.82, 2.24) is 30.3 Å². The topological polar surface area (TPSA) is 97.6 Å². The number of hydrogen-bond donors (Lipinski definition) is 2. The second kappa shape index (κ2) is 4.97. The molecular weight excluding hydrogens is 258 g/mol. The number of amides is 1. The molecule has 2 N–H and O–H groups in total. The summed E-state index contributed by atoms with van der Waals surface area (Å²) in [5.74, 6) is -0.0686. The van der Waals surface area contributed by atoms with Crippen LogP contribution >= 0.6 is 0 Å². The van der Waals surface area contributed by atoms with Gasteiger partial charge in [-0.05, 0) is 19.9 Å². The number of hydrogen-bond acceptors (Lipinski definition) is 6. The molecule has 20 heavy (non-hydrogen) atoms. The fourth-order valence-corrected chi connectivity index (χ4v) is 1.97. The van der Waals surface area contributed by atoms with E-state index < -0.39 is 0 Å². The molecule has 0 spiro atoms. The summed E-state index contributed by atoms with van der Waals surface area (Å²) in [6, 6.07) is 2.12. The molecule has 0 atom stereocenters. The van der Waals surface area contributed by atoms with Crippen LogP contribution in [0.2, 0.25) is 0 Å².